The van der Waals surface area contributed by atoms with Gasteiger partial charge >= 0.3 is 0 Å². The first-order valence-corrected chi connectivity index (χ1v) is 10.1. The molecule has 0 N–H and O–H groups in total. The number of nitrogens with zero attached hydrogens (tertiary/aromatic N) is 4. The van der Waals surface area contributed by atoms with Crippen LogP contribution in [0.1, 0.15) is 26.7 Å². The predicted molar refractivity (Wildman–Crippen MR) is 106 cm³/mol. The Hall–Kier alpha value is -1.66. The Balaban J connectivity index is 1.52. The molecule has 2 aliphatic rings. The zero-order valence-electron chi connectivity index (χ0n) is 15.7. The molecule has 140 valence electrons. The van der Waals surface area contributed by atoms with Crippen molar-refractivity contribution < 1.29 is 4.79 Å². The minimum Gasteiger partial charge on any atom is -0.340 e. The van der Waals surface area contributed by atoms with Crippen LogP contribution in [0.5, 0.6) is 0 Å². The van der Waals surface area contributed by atoms with Gasteiger partial charge in [0.25, 0.3) is 0 Å². The smallest absolute Gasteiger partial charge is 0.225 e. The van der Waals surface area contributed by atoms with Gasteiger partial charge in [-0.1, -0.05) is 26.0 Å². The number of carbonyl (C=O) groups excluding carboxylic acids is 1. The summed E-state index contributed by atoms with van der Waals surface area (Å²) in [6.45, 7) is 9.72. The first-order valence-electron chi connectivity index (χ1n) is 9.74. The molecule has 1 aromatic heterocycles. The van der Waals surface area contributed by atoms with E-state index >= 15 is 0 Å². The number of hydrogen-bond acceptors (Lipinski definition) is 3. The van der Waals surface area contributed by atoms with E-state index in [0.717, 1.165) is 57.0 Å². The molecule has 0 spiro atoms. The molecular formula is C20H28N4OS. The van der Waals surface area contributed by atoms with E-state index in [1.165, 1.54) is 11.0 Å². The zero-order valence-corrected chi connectivity index (χ0v) is 16.5. The van der Waals surface area contributed by atoms with Crippen LogP contribution in [-0.2, 0) is 18.0 Å². The average Bonchev–Trinajstić information content (AvgIpc) is 3.45. The predicted octanol–water partition coefficient (Wildman–Crippen LogP) is 3.34. The molecule has 2 aromatic rings. The van der Waals surface area contributed by atoms with Gasteiger partial charge in [0.15, 0.2) is 4.77 Å². The molecule has 0 atom stereocenters. The third-order valence-electron chi connectivity index (χ3n) is 5.42. The van der Waals surface area contributed by atoms with Crippen molar-refractivity contribution in [1.82, 2.24) is 18.9 Å². The van der Waals surface area contributed by atoms with Crippen molar-refractivity contribution in [3.05, 3.63) is 29.0 Å². The van der Waals surface area contributed by atoms with Crippen molar-refractivity contribution in [2.75, 3.05) is 26.2 Å². The Labute approximate surface area is 160 Å². The molecule has 4 rings (SSSR count). The largest absolute Gasteiger partial charge is 0.340 e. The van der Waals surface area contributed by atoms with Gasteiger partial charge in [0.2, 0.25) is 5.91 Å². The first kappa shape index (κ1) is 17.7. The number of benzene rings is 1. The molecule has 6 heteroatoms. The monoisotopic (exact) mass is 372 g/mol. The third-order valence-corrected chi connectivity index (χ3v) is 5.87. The van der Waals surface area contributed by atoms with Crippen LogP contribution in [0.2, 0.25) is 0 Å². The number of amides is 1. The highest BCUT2D eigenvalue weighted by molar-refractivity contribution is 7.71. The highest BCUT2D eigenvalue weighted by Gasteiger charge is 2.34. The third kappa shape index (κ3) is 3.45. The van der Waals surface area contributed by atoms with Crippen LogP contribution in [0.3, 0.4) is 0 Å². The van der Waals surface area contributed by atoms with E-state index in [1.54, 1.807) is 0 Å². The number of fused-ring (bicyclic) bond motifs is 1. The lowest BCUT2D eigenvalue weighted by Crippen LogP contribution is -2.49. The number of carbonyl (C=O) groups is 1. The van der Waals surface area contributed by atoms with E-state index in [9.17, 15) is 4.79 Å². The maximum atomic E-state index is 12.2. The fourth-order valence-electron chi connectivity index (χ4n) is 3.85. The molecule has 0 radical (unpaired) electrons. The minimum atomic E-state index is 0.323. The maximum Gasteiger partial charge on any atom is 0.225 e. The van der Waals surface area contributed by atoms with Gasteiger partial charge in [-0.3, -0.25) is 9.69 Å². The molecule has 0 bridgehead atoms. The molecule has 1 aromatic carbocycles. The van der Waals surface area contributed by atoms with E-state index < -0.39 is 0 Å². The number of hydrogen-bond donors (Lipinski definition) is 0. The molecule has 5 nitrogen and oxygen atoms in total. The van der Waals surface area contributed by atoms with Crippen LogP contribution in [0, 0.1) is 16.6 Å². The van der Waals surface area contributed by atoms with Crippen LogP contribution in [-0.4, -0.2) is 51.0 Å². The van der Waals surface area contributed by atoms with E-state index in [1.807, 2.05) is 0 Å². The molecule has 1 aliphatic carbocycles. The number of rotatable bonds is 5. The quantitative estimate of drug-likeness (QED) is 0.755. The molecule has 2 heterocycles. The number of aromatic nitrogens is 2. The Morgan fingerprint density at radius 1 is 1.08 bits per heavy atom. The lowest BCUT2D eigenvalue weighted by atomic mass is 10.2. The lowest BCUT2D eigenvalue weighted by molar-refractivity contribution is -0.134. The standard InChI is InChI=1S/C20H28N4OS/c1-15(2)13-23-17-5-3-4-6-18(17)24(20(23)26)14-21-9-11-22(12-10-21)19(25)16-7-8-16/h3-6,15-16H,7-14H2,1-2H3. The Kier molecular flexibility index (Phi) is 4.88. The minimum absolute atomic E-state index is 0.323. The van der Waals surface area contributed by atoms with Crippen molar-refractivity contribution in [3.8, 4) is 0 Å². The summed E-state index contributed by atoms with van der Waals surface area (Å²) in [6, 6.07) is 8.49. The summed E-state index contributed by atoms with van der Waals surface area (Å²) in [5.74, 6) is 1.25. The number of imidazole rings is 1. The van der Waals surface area contributed by atoms with E-state index in [0.29, 0.717) is 17.7 Å². The van der Waals surface area contributed by atoms with Gasteiger partial charge in [0.05, 0.1) is 17.7 Å². The van der Waals surface area contributed by atoms with Crippen LogP contribution in [0.25, 0.3) is 11.0 Å². The van der Waals surface area contributed by atoms with Crippen molar-refractivity contribution in [2.45, 2.75) is 39.9 Å². The van der Waals surface area contributed by atoms with Gasteiger partial charge in [-0.05, 0) is 43.1 Å². The van der Waals surface area contributed by atoms with Gasteiger partial charge in [-0.15, -0.1) is 0 Å². The van der Waals surface area contributed by atoms with Crippen molar-refractivity contribution in [3.63, 3.8) is 0 Å². The van der Waals surface area contributed by atoms with Gasteiger partial charge in [-0.25, -0.2) is 0 Å². The second kappa shape index (κ2) is 7.16. The van der Waals surface area contributed by atoms with E-state index in [4.69, 9.17) is 12.2 Å². The van der Waals surface area contributed by atoms with Crippen molar-refractivity contribution in [1.29, 1.82) is 0 Å². The fourth-order valence-corrected chi connectivity index (χ4v) is 4.18. The van der Waals surface area contributed by atoms with E-state index in [2.05, 4.69) is 57.0 Å². The molecule has 1 saturated heterocycles. The Bertz CT molecular complexity index is 856. The summed E-state index contributed by atoms with van der Waals surface area (Å²) in [6.07, 6.45) is 2.17. The first-order chi connectivity index (χ1) is 12.5. The van der Waals surface area contributed by atoms with Gasteiger partial charge in [0.1, 0.15) is 0 Å². The Morgan fingerprint density at radius 2 is 1.69 bits per heavy atom. The van der Waals surface area contributed by atoms with Crippen molar-refractivity contribution >= 4 is 29.2 Å². The summed E-state index contributed by atoms with van der Waals surface area (Å²) in [7, 11) is 0. The summed E-state index contributed by atoms with van der Waals surface area (Å²) in [4.78, 5) is 16.7. The fraction of sp³-hybridized carbons (Fsp3) is 0.600. The second-order valence-electron chi connectivity index (χ2n) is 8.06. The second-order valence-corrected chi connectivity index (χ2v) is 8.43. The van der Waals surface area contributed by atoms with Crippen LogP contribution >= 0.6 is 12.2 Å². The van der Waals surface area contributed by atoms with Gasteiger partial charge in [-0.2, -0.15) is 0 Å². The van der Waals surface area contributed by atoms with E-state index in [-0.39, 0.29) is 0 Å². The van der Waals surface area contributed by atoms with Crippen LogP contribution in [0.4, 0.5) is 0 Å². The summed E-state index contributed by atoms with van der Waals surface area (Å²) in [5, 5.41) is 0. The molecule has 2 fully saturated rings. The maximum absolute atomic E-state index is 12.2. The molecular weight excluding hydrogens is 344 g/mol. The zero-order chi connectivity index (χ0) is 18.3. The molecule has 26 heavy (non-hydrogen) atoms. The lowest BCUT2D eigenvalue weighted by Gasteiger charge is -2.35. The summed E-state index contributed by atoms with van der Waals surface area (Å²) in [5.41, 5.74) is 2.42. The number of piperazine rings is 1. The normalized spacial score (nSPS) is 18.8. The number of para-hydroxylation sites is 2. The average molecular weight is 373 g/mol. The topological polar surface area (TPSA) is 33.4 Å². The van der Waals surface area contributed by atoms with Crippen LogP contribution < -0.4 is 0 Å². The molecule has 1 amide bonds. The van der Waals surface area contributed by atoms with Gasteiger partial charge < -0.3 is 14.0 Å². The highest BCUT2D eigenvalue weighted by Crippen LogP contribution is 2.31. The summed E-state index contributed by atoms with van der Waals surface area (Å²) < 4.78 is 5.42. The van der Waals surface area contributed by atoms with Crippen molar-refractivity contribution in [2.24, 2.45) is 11.8 Å². The highest BCUT2D eigenvalue weighted by atomic mass is 32.1. The van der Waals surface area contributed by atoms with Crippen LogP contribution in [0.15, 0.2) is 24.3 Å². The molecule has 1 aliphatic heterocycles. The Morgan fingerprint density at radius 3 is 2.27 bits per heavy atom. The SMILES string of the molecule is CC(C)Cn1c(=S)n(CN2CCN(C(=O)C3CC3)CC2)c2ccccc21. The molecule has 0 unspecified atom stereocenters. The molecule has 1 saturated carbocycles. The summed E-state index contributed by atoms with van der Waals surface area (Å²) >= 11 is 5.82. The van der Waals surface area contributed by atoms with Gasteiger partial charge in [0, 0.05) is 38.6 Å².